The summed E-state index contributed by atoms with van der Waals surface area (Å²) in [5.74, 6) is 0. The number of likely N-dealkylation sites (tertiary alicyclic amines) is 1. The van der Waals surface area contributed by atoms with E-state index in [1.54, 1.807) is 0 Å². The van der Waals surface area contributed by atoms with Crippen molar-refractivity contribution < 1.29 is 4.74 Å². The van der Waals surface area contributed by atoms with Gasteiger partial charge in [-0.05, 0) is 16.7 Å². The smallest absolute Gasteiger partial charge is 0.0971 e. The molecular weight excluding hydrogens is 318 g/mol. The highest BCUT2D eigenvalue weighted by Crippen LogP contribution is 2.38. The van der Waals surface area contributed by atoms with Crippen LogP contribution in [0.1, 0.15) is 22.7 Å². The molecule has 0 saturated carbocycles. The molecule has 1 aliphatic rings. The average Bonchev–Trinajstić information content (AvgIpc) is 2.68. The zero-order valence-corrected chi connectivity index (χ0v) is 15.2. The van der Waals surface area contributed by atoms with Crippen molar-refractivity contribution in [3.05, 3.63) is 108 Å². The minimum atomic E-state index is -0.0941. The molecule has 3 aromatic rings. The third-order valence-electron chi connectivity index (χ3n) is 5.38. The second-order valence-corrected chi connectivity index (χ2v) is 7.18. The fourth-order valence-electron chi connectivity index (χ4n) is 4.04. The Morgan fingerprint density at radius 3 is 1.69 bits per heavy atom. The van der Waals surface area contributed by atoms with Gasteiger partial charge in [0, 0.05) is 26.6 Å². The summed E-state index contributed by atoms with van der Waals surface area (Å²) < 4.78 is 5.99. The van der Waals surface area contributed by atoms with Crippen LogP contribution in [0.25, 0.3) is 0 Å². The summed E-state index contributed by atoms with van der Waals surface area (Å²) in [6.45, 7) is 1.87. The molecule has 0 aliphatic carbocycles. The second-order valence-electron chi connectivity index (χ2n) is 7.18. The quantitative estimate of drug-likeness (QED) is 0.642. The number of benzene rings is 3. The monoisotopic (exact) mass is 343 g/mol. The van der Waals surface area contributed by atoms with Gasteiger partial charge < -0.3 is 4.74 Å². The summed E-state index contributed by atoms with van der Waals surface area (Å²) in [5.41, 5.74) is 3.92. The van der Waals surface area contributed by atoms with Gasteiger partial charge >= 0.3 is 0 Å². The van der Waals surface area contributed by atoms with Gasteiger partial charge in [0.15, 0.2) is 0 Å². The highest BCUT2D eigenvalue weighted by atomic mass is 16.5. The lowest BCUT2D eigenvalue weighted by molar-refractivity contribution is -0.133. The second kappa shape index (κ2) is 7.45. The minimum Gasteiger partial charge on any atom is -0.375 e. The van der Waals surface area contributed by atoms with E-state index < -0.39 is 0 Å². The lowest BCUT2D eigenvalue weighted by atomic mass is 9.83. The van der Waals surface area contributed by atoms with Crippen LogP contribution in [0.5, 0.6) is 0 Å². The van der Waals surface area contributed by atoms with Crippen LogP contribution in [0.2, 0.25) is 0 Å². The molecule has 132 valence electrons. The first-order chi connectivity index (χ1) is 12.8. The van der Waals surface area contributed by atoms with E-state index >= 15 is 0 Å². The van der Waals surface area contributed by atoms with Crippen molar-refractivity contribution in [3.8, 4) is 0 Å². The standard InChI is InChI=1S/C24H25NO/c1-26-24(17-20-11-5-2-6-12-20)18-25(19-24)23(21-13-7-3-8-14-21)22-15-9-4-10-16-22/h2-16,23H,17-19H2,1H3. The maximum Gasteiger partial charge on any atom is 0.0971 e. The summed E-state index contributed by atoms with van der Waals surface area (Å²) in [6, 6.07) is 32.5. The molecule has 1 saturated heterocycles. The third kappa shape index (κ3) is 3.44. The van der Waals surface area contributed by atoms with Gasteiger partial charge in [-0.2, -0.15) is 0 Å². The fraction of sp³-hybridized carbons (Fsp3) is 0.250. The Morgan fingerprint density at radius 2 is 1.23 bits per heavy atom. The van der Waals surface area contributed by atoms with Crippen LogP contribution >= 0.6 is 0 Å². The Bertz CT molecular complexity index is 771. The van der Waals surface area contributed by atoms with Crippen LogP contribution in [0, 0.1) is 0 Å². The van der Waals surface area contributed by atoms with Crippen molar-refractivity contribution in [2.45, 2.75) is 18.1 Å². The van der Waals surface area contributed by atoms with E-state index in [-0.39, 0.29) is 11.6 Å². The minimum absolute atomic E-state index is 0.0941. The zero-order valence-electron chi connectivity index (χ0n) is 15.2. The van der Waals surface area contributed by atoms with Crippen LogP contribution in [0.15, 0.2) is 91.0 Å². The predicted molar refractivity (Wildman–Crippen MR) is 106 cm³/mol. The first kappa shape index (κ1) is 17.0. The van der Waals surface area contributed by atoms with Gasteiger partial charge in [-0.15, -0.1) is 0 Å². The van der Waals surface area contributed by atoms with E-state index in [1.165, 1.54) is 16.7 Å². The van der Waals surface area contributed by atoms with Crippen molar-refractivity contribution >= 4 is 0 Å². The summed E-state index contributed by atoms with van der Waals surface area (Å²) in [4.78, 5) is 2.52. The Labute approximate surface area is 156 Å². The summed E-state index contributed by atoms with van der Waals surface area (Å²) in [7, 11) is 1.85. The van der Waals surface area contributed by atoms with E-state index in [2.05, 4.69) is 95.9 Å². The van der Waals surface area contributed by atoms with Crippen LogP contribution in [0.3, 0.4) is 0 Å². The molecule has 0 unspecified atom stereocenters. The maximum atomic E-state index is 5.99. The first-order valence-electron chi connectivity index (χ1n) is 9.23. The van der Waals surface area contributed by atoms with E-state index in [0.717, 1.165) is 19.5 Å². The number of hydrogen-bond acceptors (Lipinski definition) is 2. The number of hydrogen-bond donors (Lipinski definition) is 0. The van der Waals surface area contributed by atoms with Gasteiger partial charge in [0.1, 0.15) is 0 Å². The molecule has 0 bridgehead atoms. The van der Waals surface area contributed by atoms with Gasteiger partial charge in [0.2, 0.25) is 0 Å². The fourth-order valence-corrected chi connectivity index (χ4v) is 4.04. The molecule has 1 aliphatic heterocycles. The number of ether oxygens (including phenoxy) is 1. The molecule has 0 N–H and O–H groups in total. The van der Waals surface area contributed by atoms with E-state index in [0.29, 0.717) is 0 Å². The van der Waals surface area contributed by atoms with Gasteiger partial charge in [0.05, 0.1) is 11.6 Å². The average molecular weight is 343 g/mol. The van der Waals surface area contributed by atoms with Crippen LogP contribution in [-0.2, 0) is 11.2 Å². The molecule has 0 aromatic heterocycles. The van der Waals surface area contributed by atoms with Gasteiger partial charge in [-0.25, -0.2) is 0 Å². The van der Waals surface area contributed by atoms with Gasteiger partial charge in [-0.1, -0.05) is 91.0 Å². The topological polar surface area (TPSA) is 12.5 Å². The van der Waals surface area contributed by atoms with E-state index in [1.807, 2.05) is 7.11 Å². The molecule has 0 amide bonds. The summed E-state index contributed by atoms with van der Waals surface area (Å²) in [6.07, 6.45) is 0.955. The summed E-state index contributed by atoms with van der Waals surface area (Å²) in [5, 5.41) is 0. The highest BCUT2D eigenvalue weighted by Gasteiger charge is 2.46. The van der Waals surface area contributed by atoms with Crippen LogP contribution in [0.4, 0.5) is 0 Å². The predicted octanol–water partition coefficient (Wildman–Crippen LogP) is 4.72. The van der Waals surface area contributed by atoms with Crippen molar-refractivity contribution in [1.82, 2.24) is 4.90 Å². The van der Waals surface area contributed by atoms with Crippen molar-refractivity contribution in [2.24, 2.45) is 0 Å². The molecule has 2 nitrogen and oxygen atoms in total. The highest BCUT2D eigenvalue weighted by molar-refractivity contribution is 5.33. The molecule has 1 fully saturated rings. The van der Waals surface area contributed by atoms with Crippen LogP contribution in [-0.4, -0.2) is 30.7 Å². The van der Waals surface area contributed by atoms with Crippen molar-refractivity contribution in [3.63, 3.8) is 0 Å². The molecule has 2 heteroatoms. The van der Waals surface area contributed by atoms with E-state index in [9.17, 15) is 0 Å². The first-order valence-corrected chi connectivity index (χ1v) is 9.23. The molecule has 0 radical (unpaired) electrons. The molecule has 4 rings (SSSR count). The summed E-state index contributed by atoms with van der Waals surface area (Å²) >= 11 is 0. The van der Waals surface area contributed by atoms with Crippen LogP contribution < -0.4 is 0 Å². The molecule has 0 spiro atoms. The van der Waals surface area contributed by atoms with Crippen molar-refractivity contribution in [2.75, 3.05) is 20.2 Å². The normalized spacial score (nSPS) is 16.4. The SMILES string of the molecule is COC1(Cc2ccccc2)CN(C(c2ccccc2)c2ccccc2)C1. The third-order valence-corrected chi connectivity index (χ3v) is 5.38. The number of nitrogens with zero attached hydrogens (tertiary/aromatic N) is 1. The van der Waals surface area contributed by atoms with Gasteiger partial charge in [0.25, 0.3) is 0 Å². The largest absolute Gasteiger partial charge is 0.375 e. The Kier molecular flexibility index (Phi) is 4.87. The molecule has 1 heterocycles. The maximum absolute atomic E-state index is 5.99. The lowest BCUT2D eigenvalue weighted by Crippen LogP contribution is -2.64. The van der Waals surface area contributed by atoms with Gasteiger partial charge in [-0.3, -0.25) is 4.90 Å². The van der Waals surface area contributed by atoms with Crippen molar-refractivity contribution in [1.29, 1.82) is 0 Å². The van der Waals surface area contributed by atoms with E-state index in [4.69, 9.17) is 4.74 Å². The molecular formula is C24H25NO. The number of rotatable bonds is 6. The Morgan fingerprint density at radius 1 is 0.769 bits per heavy atom. The Hall–Kier alpha value is -2.42. The Balaban J connectivity index is 1.57. The molecule has 3 aromatic carbocycles. The zero-order chi connectivity index (χ0) is 17.8. The number of methoxy groups -OCH3 is 1. The lowest BCUT2D eigenvalue weighted by Gasteiger charge is -2.52. The molecule has 26 heavy (non-hydrogen) atoms. The molecule has 0 atom stereocenters.